The van der Waals surface area contributed by atoms with Crippen LogP contribution in [0.1, 0.15) is 63.2 Å². The molecule has 8 nitrogen and oxygen atoms in total. The quantitative estimate of drug-likeness (QED) is 0.545. The third kappa shape index (κ3) is 5.10. The van der Waals surface area contributed by atoms with Crippen LogP contribution in [0.2, 0.25) is 0 Å². The molecular formula is C21H24N2O6. The molecule has 29 heavy (non-hydrogen) atoms. The summed E-state index contributed by atoms with van der Waals surface area (Å²) in [4.78, 5) is 51.0. The van der Waals surface area contributed by atoms with Gasteiger partial charge in [0.05, 0.1) is 12.2 Å². The Hall–Kier alpha value is -3.42. The van der Waals surface area contributed by atoms with Crippen molar-refractivity contribution in [2.75, 3.05) is 11.9 Å². The molecule has 8 heteroatoms. The van der Waals surface area contributed by atoms with Crippen LogP contribution < -0.4 is 5.32 Å². The third-order valence-corrected chi connectivity index (χ3v) is 4.26. The Kier molecular flexibility index (Phi) is 6.93. The fourth-order valence-electron chi connectivity index (χ4n) is 2.89. The minimum absolute atomic E-state index is 0.103. The van der Waals surface area contributed by atoms with Crippen molar-refractivity contribution in [3.05, 3.63) is 52.3 Å². The van der Waals surface area contributed by atoms with Crippen LogP contribution >= 0.6 is 0 Å². The first-order valence-corrected chi connectivity index (χ1v) is 9.14. The van der Waals surface area contributed by atoms with Crippen LogP contribution in [0, 0.1) is 13.8 Å². The second-order valence-electron chi connectivity index (χ2n) is 6.52. The summed E-state index contributed by atoms with van der Waals surface area (Å²) in [5, 5.41) is 2.61. The summed E-state index contributed by atoms with van der Waals surface area (Å²) in [5.74, 6) is -1.87. The normalized spacial score (nSPS) is 11.5. The summed E-state index contributed by atoms with van der Waals surface area (Å²) in [6.07, 6.45) is -1.04. The highest BCUT2D eigenvalue weighted by molar-refractivity contribution is 6.03. The number of H-pyrrole nitrogens is 1. The van der Waals surface area contributed by atoms with E-state index in [0.717, 1.165) is 0 Å². The molecule has 1 aromatic heterocycles. The number of benzene rings is 1. The molecule has 0 saturated heterocycles. The molecule has 2 aromatic rings. The predicted molar refractivity (Wildman–Crippen MR) is 106 cm³/mol. The maximum atomic E-state index is 12.5. The van der Waals surface area contributed by atoms with Gasteiger partial charge in [-0.05, 0) is 57.5 Å². The molecule has 1 atom stereocenters. The van der Waals surface area contributed by atoms with Gasteiger partial charge >= 0.3 is 11.9 Å². The summed E-state index contributed by atoms with van der Waals surface area (Å²) < 4.78 is 10.3. The van der Waals surface area contributed by atoms with Gasteiger partial charge in [0, 0.05) is 23.9 Å². The minimum Gasteiger partial charge on any atom is -0.462 e. The van der Waals surface area contributed by atoms with Crippen molar-refractivity contribution in [2.24, 2.45) is 0 Å². The van der Waals surface area contributed by atoms with Gasteiger partial charge in [-0.15, -0.1) is 0 Å². The number of anilines is 1. The average Bonchev–Trinajstić information content (AvgIpc) is 2.95. The van der Waals surface area contributed by atoms with Crippen LogP contribution in [0.15, 0.2) is 24.3 Å². The largest absolute Gasteiger partial charge is 0.462 e. The van der Waals surface area contributed by atoms with Gasteiger partial charge in [-0.3, -0.25) is 9.59 Å². The van der Waals surface area contributed by atoms with E-state index in [0.29, 0.717) is 22.5 Å². The van der Waals surface area contributed by atoms with E-state index in [1.807, 2.05) is 0 Å². The molecule has 1 heterocycles. The molecule has 0 fully saturated rings. The number of rotatable bonds is 7. The minimum atomic E-state index is -1.04. The van der Waals surface area contributed by atoms with Crippen LogP contribution in [0.5, 0.6) is 0 Å². The van der Waals surface area contributed by atoms with Crippen molar-refractivity contribution in [1.29, 1.82) is 0 Å². The zero-order valence-corrected chi connectivity index (χ0v) is 17.0. The van der Waals surface area contributed by atoms with Crippen molar-refractivity contribution >= 4 is 29.3 Å². The number of nitrogens with one attached hydrogen (secondary N) is 2. The molecule has 0 saturated carbocycles. The van der Waals surface area contributed by atoms with Crippen LogP contribution in [0.3, 0.4) is 0 Å². The van der Waals surface area contributed by atoms with Crippen LogP contribution in [0.25, 0.3) is 0 Å². The van der Waals surface area contributed by atoms with E-state index in [-0.39, 0.29) is 29.6 Å². The number of Topliss-reactive ketones (excluding diaryl/α,β-unsaturated/α-hetero) is 1. The molecule has 0 spiro atoms. The first kappa shape index (κ1) is 21.9. The number of ketones is 1. The topological polar surface area (TPSA) is 115 Å². The summed E-state index contributed by atoms with van der Waals surface area (Å²) in [5.41, 5.74) is 2.18. The summed E-state index contributed by atoms with van der Waals surface area (Å²) in [7, 11) is 0. The monoisotopic (exact) mass is 400 g/mol. The highest BCUT2D eigenvalue weighted by atomic mass is 16.5. The van der Waals surface area contributed by atoms with Crippen LogP contribution in [-0.2, 0) is 14.3 Å². The van der Waals surface area contributed by atoms with Crippen molar-refractivity contribution in [3.8, 4) is 0 Å². The van der Waals surface area contributed by atoms with Crippen molar-refractivity contribution in [2.45, 2.75) is 40.7 Å². The molecule has 0 aliphatic rings. The Morgan fingerprint density at radius 3 is 2.24 bits per heavy atom. The van der Waals surface area contributed by atoms with Gasteiger partial charge in [0.15, 0.2) is 6.10 Å². The standard InChI is InChI=1S/C21H24N2O6/c1-6-28-20(26)17-11(2)18(22-12(17)3)21(27)29-13(4)19(25)15-7-9-16(10-8-15)23-14(5)24/h7-10,13,22H,6H2,1-5H3,(H,23,24)/t13-/m0/s1. The molecule has 2 rings (SSSR count). The smallest absolute Gasteiger partial charge is 0.355 e. The highest BCUT2D eigenvalue weighted by Crippen LogP contribution is 2.21. The van der Waals surface area contributed by atoms with Crippen molar-refractivity contribution in [1.82, 2.24) is 4.98 Å². The Labute approximate surface area is 168 Å². The number of aromatic amines is 1. The lowest BCUT2D eigenvalue weighted by Gasteiger charge is -2.13. The number of esters is 2. The maximum Gasteiger partial charge on any atom is 0.355 e. The lowest BCUT2D eigenvalue weighted by molar-refractivity contribution is -0.114. The van der Waals surface area contributed by atoms with E-state index >= 15 is 0 Å². The van der Waals surface area contributed by atoms with Gasteiger partial charge in [-0.2, -0.15) is 0 Å². The zero-order valence-electron chi connectivity index (χ0n) is 17.0. The zero-order chi connectivity index (χ0) is 21.7. The number of amides is 1. The van der Waals surface area contributed by atoms with E-state index in [1.165, 1.54) is 13.8 Å². The summed E-state index contributed by atoms with van der Waals surface area (Å²) >= 11 is 0. The molecule has 0 radical (unpaired) electrons. The first-order chi connectivity index (χ1) is 13.6. The second-order valence-corrected chi connectivity index (χ2v) is 6.52. The Bertz CT molecular complexity index is 943. The number of hydrogen-bond donors (Lipinski definition) is 2. The third-order valence-electron chi connectivity index (χ3n) is 4.26. The molecule has 2 N–H and O–H groups in total. The number of aryl methyl sites for hydroxylation is 1. The van der Waals surface area contributed by atoms with Crippen LogP contribution in [0.4, 0.5) is 5.69 Å². The van der Waals surface area contributed by atoms with E-state index in [9.17, 15) is 19.2 Å². The number of carbonyl (C=O) groups is 4. The molecule has 1 aromatic carbocycles. The number of hydrogen-bond acceptors (Lipinski definition) is 6. The van der Waals surface area contributed by atoms with E-state index in [1.54, 1.807) is 45.0 Å². The van der Waals surface area contributed by atoms with Gasteiger partial charge in [-0.1, -0.05) is 0 Å². The van der Waals surface area contributed by atoms with E-state index < -0.39 is 18.0 Å². The second kappa shape index (κ2) is 9.18. The van der Waals surface area contributed by atoms with Gasteiger partial charge in [0.25, 0.3) is 0 Å². The van der Waals surface area contributed by atoms with Crippen molar-refractivity contribution < 1.29 is 28.7 Å². The van der Waals surface area contributed by atoms with E-state index in [4.69, 9.17) is 9.47 Å². The maximum absolute atomic E-state index is 12.5. The average molecular weight is 400 g/mol. The van der Waals surface area contributed by atoms with E-state index in [2.05, 4.69) is 10.3 Å². The number of aromatic nitrogens is 1. The Balaban J connectivity index is 2.12. The molecule has 1 amide bonds. The Morgan fingerprint density at radius 2 is 1.69 bits per heavy atom. The highest BCUT2D eigenvalue weighted by Gasteiger charge is 2.26. The molecule has 0 aliphatic carbocycles. The molecular weight excluding hydrogens is 376 g/mol. The number of carbonyl (C=O) groups excluding carboxylic acids is 4. The predicted octanol–water partition coefficient (Wildman–Crippen LogP) is 3.19. The first-order valence-electron chi connectivity index (χ1n) is 9.14. The van der Waals surface area contributed by atoms with Gasteiger partial charge in [-0.25, -0.2) is 9.59 Å². The Morgan fingerprint density at radius 1 is 1.07 bits per heavy atom. The van der Waals surface area contributed by atoms with Crippen LogP contribution in [-0.4, -0.2) is 41.3 Å². The van der Waals surface area contributed by atoms with Gasteiger partial charge in [0.2, 0.25) is 11.7 Å². The fourth-order valence-corrected chi connectivity index (χ4v) is 2.89. The molecule has 0 unspecified atom stereocenters. The van der Waals surface area contributed by atoms with Gasteiger partial charge in [0.1, 0.15) is 5.69 Å². The SMILES string of the molecule is CCOC(=O)c1c(C)[nH]c(C(=O)O[C@@H](C)C(=O)c2ccc(NC(C)=O)cc2)c1C. The lowest BCUT2D eigenvalue weighted by atomic mass is 10.1. The number of ether oxygens (including phenoxy) is 2. The molecule has 154 valence electrons. The molecule has 0 aliphatic heterocycles. The summed E-state index contributed by atoms with van der Waals surface area (Å²) in [6.45, 7) is 8.04. The fraction of sp³-hybridized carbons (Fsp3) is 0.333. The van der Waals surface area contributed by atoms with Crippen molar-refractivity contribution in [3.63, 3.8) is 0 Å². The lowest BCUT2D eigenvalue weighted by Crippen LogP contribution is -2.25. The summed E-state index contributed by atoms with van der Waals surface area (Å²) in [6, 6.07) is 6.27. The molecule has 0 bridgehead atoms. The van der Waals surface area contributed by atoms with Gasteiger partial charge < -0.3 is 19.8 Å².